The number of halogens is 1. The minimum absolute atomic E-state index is 0.101. The second-order valence-corrected chi connectivity index (χ2v) is 5.83. The predicted octanol–water partition coefficient (Wildman–Crippen LogP) is 3.62. The lowest BCUT2D eigenvalue weighted by atomic mass is 10.1. The Kier molecular flexibility index (Phi) is 3.96. The van der Waals surface area contributed by atoms with Crippen molar-refractivity contribution in [1.82, 2.24) is 19.9 Å². The zero-order chi connectivity index (χ0) is 18.1. The number of rotatable bonds is 4. The van der Waals surface area contributed by atoms with E-state index in [9.17, 15) is 9.18 Å². The number of hydrogen-bond donors (Lipinski definition) is 1. The first-order valence-corrected chi connectivity index (χ1v) is 8.09. The average molecular weight is 350 g/mol. The van der Waals surface area contributed by atoms with Crippen LogP contribution in [-0.4, -0.2) is 20.5 Å². The molecule has 7 heteroatoms. The number of aromatic nitrogens is 3. The number of nitrogens with one attached hydrogen (secondary N) is 1. The highest BCUT2D eigenvalue weighted by atomic mass is 19.1. The Morgan fingerprint density at radius 3 is 2.77 bits per heavy atom. The van der Waals surface area contributed by atoms with E-state index in [1.54, 1.807) is 28.7 Å². The highest BCUT2D eigenvalue weighted by Gasteiger charge is 2.19. The molecule has 4 rings (SSSR count). The molecule has 1 aromatic carbocycles. The van der Waals surface area contributed by atoms with Gasteiger partial charge in [-0.1, -0.05) is 18.2 Å². The minimum Gasteiger partial charge on any atom is -0.451 e. The number of hydrogen-bond acceptors (Lipinski definition) is 4. The molecule has 4 aromatic rings. The summed E-state index contributed by atoms with van der Waals surface area (Å²) in [6.07, 6.45) is 1.83. The minimum atomic E-state index is -0.409. The van der Waals surface area contributed by atoms with E-state index in [1.807, 2.05) is 31.3 Å². The fourth-order valence-electron chi connectivity index (χ4n) is 2.75. The van der Waals surface area contributed by atoms with E-state index in [2.05, 4.69) is 15.5 Å². The van der Waals surface area contributed by atoms with Crippen LogP contribution in [0.15, 0.2) is 65.2 Å². The molecule has 130 valence electrons. The molecule has 0 aliphatic rings. The fraction of sp³-hybridized carbons (Fsp3) is 0.105. The first-order valence-electron chi connectivity index (χ1n) is 8.09. The Labute approximate surface area is 148 Å². The van der Waals surface area contributed by atoms with Crippen LogP contribution in [0.3, 0.4) is 0 Å². The summed E-state index contributed by atoms with van der Waals surface area (Å²) in [7, 11) is 0. The molecule has 26 heavy (non-hydrogen) atoms. The van der Waals surface area contributed by atoms with Gasteiger partial charge in [-0.05, 0) is 43.3 Å². The molecule has 0 saturated carbocycles. The van der Waals surface area contributed by atoms with Crippen LogP contribution in [0.25, 0.3) is 17.0 Å². The number of carbonyl (C=O) groups excluding carboxylic acids is 1. The first-order chi connectivity index (χ1) is 12.6. The van der Waals surface area contributed by atoms with E-state index in [0.29, 0.717) is 22.8 Å². The largest absolute Gasteiger partial charge is 0.451 e. The van der Waals surface area contributed by atoms with Crippen LogP contribution in [0.4, 0.5) is 4.39 Å². The summed E-state index contributed by atoms with van der Waals surface area (Å²) in [4.78, 5) is 12.5. The molecule has 1 amide bonds. The van der Waals surface area contributed by atoms with E-state index in [4.69, 9.17) is 4.42 Å². The molecule has 0 aliphatic carbocycles. The van der Waals surface area contributed by atoms with Gasteiger partial charge < -0.3 is 9.73 Å². The van der Waals surface area contributed by atoms with Gasteiger partial charge in [-0.3, -0.25) is 9.20 Å². The molecule has 0 fully saturated rings. The number of nitrogens with zero attached hydrogens (tertiary/aromatic N) is 3. The van der Waals surface area contributed by atoms with Crippen molar-refractivity contribution in [2.75, 3.05) is 0 Å². The third kappa shape index (κ3) is 2.83. The van der Waals surface area contributed by atoms with Gasteiger partial charge in [0.15, 0.2) is 17.2 Å². The van der Waals surface area contributed by atoms with Crippen molar-refractivity contribution < 1.29 is 13.6 Å². The average Bonchev–Trinajstić information content (AvgIpc) is 3.29. The van der Waals surface area contributed by atoms with Gasteiger partial charge >= 0.3 is 0 Å². The number of pyridine rings is 1. The molecule has 6 nitrogen and oxygen atoms in total. The predicted molar refractivity (Wildman–Crippen MR) is 93.0 cm³/mol. The smallest absolute Gasteiger partial charge is 0.287 e. The van der Waals surface area contributed by atoms with E-state index in [-0.39, 0.29) is 11.8 Å². The molecule has 0 bridgehead atoms. The standard InChI is InChI=1S/C19H15FN4O2/c1-12(18-23-22-17-8-4-5-11-24(17)18)21-19(25)16-10-9-15(26-16)13-6-2-3-7-14(13)20/h2-12H,1H3,(H,21,25)/t12-/m1/s1. The van der Waals surface area contributed by atoms with Gasteiger partial charge in [0.25, 0.3) is 5.91 Å². The number of carbonyl (C=O) groups is 1. The molecule has 3 aromatic heterocycles. The van der Waals surface area contributed by atoms with Gasteiger partial charge in [0.2, 0.25) is 0 Å². The summed E-state index contributed by atoms with van der Waals surface area (Å²) in [5, 5.41) is 11.0. The molecule has 0 spiro atoms. The molecule has 3 heterocycles. The Morgan fingerprint density at radius 1 is 1.12 bits per heavy atom. The normalized spacial score (nSPS) is 12.2. The van der Waals surface area contributed by atoms with Crippen molar-refractivity contribution in [2.45, 2.75) is 13.0 Å². The summed E-state index contributed by atoms with van der Waals surface area (Å²) in [6.45, 7) is 1.81. The lowest BCUT2D eigenvalue weighted by molar-refractivity contribution is 0.0911. The van der Waals surface area contributed by atoms with Crippen LogP contribution in [0.2, 0.25) is 0 Å². The summed E-state index contributed by atoms with van der Waals surface area (Å²) >= 11 is 0. The molecule has 0 unspecified atom stereocenters. The maximum absolute atomic E-state index is 13.9. The molecular weight excluding hydrogens is 335 g/mol. The van der Waals surface area contributed by atoms with Gasteiger partial charge in [-0.2, -0.15) is 0 Å². The Balaban J connectivity index is 1.54. The second-order valence-electron chi connectivity index (χ2n) is 5.83. The summed E-state index contributed by atoms with van der Waals surface area (Å²) < 4.78 is 21.2. The van der Waals surface area contributed by atoms with E-state index >= 15 is 0 Å². The highest BCUT2D eigenvalue weighted by molar-refractivity contribution is 5.92. The van der Waals surface area contributed by atoms with Crippen molar-refractivity contribution in [2.24, 2.45) is 0 Å². The van der Waals surface area contributed by atoms with Gasteiger partial charge in [0.05, 0.1) is 11.6 Å². The Morgan fingerprint density at radius 2 is 1.92 bits per heavy atom. The third-order valence-electron chi connectivity index (χ3n) is 4.04. The van der Waals surface area contributed by atoms with Crippen LogP contribution in [0, 0.1) is 5.82 Å². The molecule has 0 saturated heterocycles. The Bertz CT molecular complexity index is 1090. The Hall–Kier alpha value is -3.48. The molecular formula is C19H15FN4O2. The quantitative estimate of drug-likeness (QED) is 0.610. The number of benzene rings is 1. The lowest BCUT2D eigenvalue weighted by Gasteiger charge is -2.11. The van der Waals surface area contributed by atoms with Crippen LogP contribution >= 0.6 is 0 Å². The highest BCUT2D eigenvalue weighted by Crippen LogP contribution is 2.25. The van der Waals surface area contributed by atoms with Gasteiger partial charge in [0, 0.05) is 6.20 Å². The summed E-state index contributed by atoms with van der Waals surface area (Å²) in [5.74, 6) is 0.192. The maximum Gasteiger partial charge on any atom is 0.287 e. The molecule has 1 atom stereocenters. The van der Waals surface area contributed by atoms with Crippen LogP contribution in [0.5, 0.6) is 0 Å². The van der Waals surface area contributed by atoms with E-state index < -0.39 is 11.7 Å². The SMILES string of the molecule is C[C@@H](NC(=O)c1ccc(-c2ccccc2F)o1)c1nnc2ccccn12. The number of amides is 1. The topological polar surface area (TPSA) is 72.4 Å². The van der Waals surface area contributed by atoms with Crippen molar-refractivity contribution >= 4 is 11.6 Å². The van der Waals surface area contributed by atoms with Crippen molar-refractivity contribution in [3.8, 4) is 11.3 Å². The van der Waals surface area contributed by atoms with Crippen LogP contribution < -0.4 is 5.32 Å². The molecule has 0 aliphatic heterocycles. The van der Waals surface area contributed by atoms with Crippen molar-refractivity contribution in [3.63, 3.8) is 0 Å². The number of fused-ring (bicyclic) bond motifs is 1. The number of furan rings is 1. The van der Waals surface area contributed by atoms with Crippen molar-refractivity contribution in [3.05, 3.63) is 78.2 Å². The molecule has 0 radical (unpaired) electrons. The van der Waals surface area contributed by atoms with Gasteiger partial charge in [0.1, 0.15) is 11.6 Å². The first kappa shape index (κ1) is 16.0. The van der Waals surface area contributed by atoms with Gasteiger partial charge in [-0.15, -0.1) is 10.2 Å². The van der Waals surface area contributed by atoms with Crippen LogP contribution in [-0.2, 0) is 0 Å². The monoisotopic (exact) mass is 350 g/mol. The third-order valence-corrected chi connectivity index (χ3v) is 4.04. The second kappa shape index (κ2) is 6.44. The zero-order valence-corrected chi connectivity index (χ0v) is 13.9. The fourth-order valence-corrected chi connectivity index (χ4v) is 2.75. The van der Waals surface area contributed by atoms with E-state index in [0.717, 1.165) is 0 Å². The van der Waals surface area contributed by atoms with Gasteiger partial charge in [-0.25, -0.2) is 4.39 Å². The van der Waals surface area contributed by atoms with Crippen molar-refractivity contribution in [1.29, 1.82) is 0 Å². The summed E-state index contributed by atoms with van der Waals surface area (Å²) in [5.41, 5.74) is 1.01. The maximum atomic E-state index is 13.9. The van der Waals surface area contributed by atoms with Crippen LogP contribution in [0.1, 0.15) is 29.3 Å². The van der Waals surface area contributed by atoms with E-state index in [1.165, 1.54) is 12.1 Å². The lowest BCUT2D eigenvalue weighted by Crippen LogP contribution is -2.27. The molecule has 1 N–H and O–H groups in total. The zero-order valence-electron chi connectivity index (χ0n) is 13.9. The summed E-state index contributed by atoms with van der Waals surface area (Å²) in [6, 6.07) is 14.5.